The first-order valence-corrected chi connectivity index (χ1v) is 5.82. The predicted molar refractivity (Wildman–Crippen MR) is 67.5 cm³/mol. The van der Waals surface area contributed by atoms with Crippen LogP contribution in [-0.4, -0.2) is 24.6 Å². The van der Waals surface area contributed by atoms with Gasteiger partial charge in [-0.15, -0.1) is 0 Å². The van der Waals surface area contributed by atoms with Gasteiger partial charge < -0.3 is 14.6 Å². The van der Waals surface area contributed by atoms with Crippen molar-refractivity contribution in [1.29, 1.82) is 0 Å². The molecule has 0 amide bonds. The highest BCUT2D eigenvalue weighted by molar-refractivity contribution is 5.99. The minimum Gasteiger partial charge on any atom is -0.496 e. The third kappa shape index (κ3) is 2.24. The van der Waals surface area contributed by atoms with Crippen molar-refractivity contribution in [3.05, 3.63) is 34.6 Å². The Morgan fingerprint density at radius 1 is 1.50 bits per heavy atom. The van der Waals surface area contributed by atoms with E-state index in [2.05, 4.69) is 0 Å². The van der Waals surface area contributed by atoms with Gasteiger partial charge in [0.1, 0.15) is 12.4 Å². The minimum absolute atomic E-state index is 0.102. The van der Waals surface area contributed by atoms with Gasteiger partial charge in [-0.2, -0.15) is 0 Å². The van der Waals surface area contributed by atoms with Crippen molar-refractivity contribution in [2.75, 3.05) is 13.7 Å². The number of carbonyl (C=O) groups excluding carboxylic acids is 1. The lowest BCUT2D eigenvalue weighted by atomic mass is 9.97. The van der Waals surface area contributed by atoms with Gasteiger partial charge in [-0.05, 0) is 24.6 Å². The zero-order chi connectivity index (χ0) is 13.1. The first-order valence-electron chi connectivity index (χ1n) is 5.82. The number of hydrogen-bond acceptors (Lipinski definition) is 4. The molecule has 0 saturated heterocycles. The Morgan fingerprint density at radius 2 is 2.28 bits per heavy atom. The van der Waals surface area contributed by atoms with Crippen molar-refractivity contribution < 1.29 is 19.4 Å². The predicted octanol–water partition coefficient (Wildman–Crippen LogP) is 2.15. The topological polar surface area (TPSA) is 55.8 Å². The largest absolute Gasteiger partial charge is 0.496 e. The molecule has 0 unspecified atom stereocenters. The molecule has 1 heterocycles. The maximum absolute atomic E-state index is 11.9. The molecular weight excluding hydrogens is 232 g/mol. The number of hydrogen-bond donors (Lipinski definition) is 1. The molecule has 18 heavy (non-hydrogen) atoms. The Kier molecular flexibility index (Phi) is 3.67. The van der Waals surface area contributed by atoms with Gasteiger partial charge in [-0.1, -0.05) is 6.07 Å². The average Bonchev–Trinajstić information content (AvgIpc) is 2.37. The second kappa shape index (κ2) is 5.23. The minimum atomic E-state index is -0.158. The summed E-state index contributed by atoms with van der Waals surface area (Å²) in [7, 11) is 1.54. The summed E-state index contributed by atoms with van der Waals surface area (Å²) in [4.78, 5) is 11.9. The molecule has 1 aliphatic rings. The summed E-state index contributed by atoms with van der Waals surface area (Å²) in [5, 5.41) is 8.84. The summed E-state index contributed by atoms with van der Waals surface area (Å²) in [5.41, 5.74) is 2.39. The van der Waals surface area contributed by atoms with E-state index < -0.39 is 0 Å². The van der Waals surface area contributed by atoms with Crippen molar-refractivity contribution in [2.45, 2.75) is 20.0 Å². The first kappa shape index (κ1) is 12.6. The van der Waals surface area contributed by atoms with Gasteiger partial charge in [0.15, 0.2) is 5.78 Å². The molecule has 0 spiro atoms. The molecule has 96 valence electrons. The maximum Gasteiger partial charge on any atom is 0.168 e. The number of benzene rings is 1. The molecule has 2 rings (SSSR count). The third-order valence-corrected chi connectivity index (χ3v) is 2.94. The van der Waals surface area contributed by atoms with E-state index in [9.17, 15) is 4.79 Å². The average molecular weight is 248 g/mol. The van der Waals surface area contributed by atoms with Crippen LogP contribution in [-0.2, 0) is 11.3 Å². The fraction of sp³-hybridized carbons (Fsp3) is 0.357. The summed E-state index contributed by atoms with van der Waals surface area (Å²) in [6, 6.07) is 3.62. The van der Waals surface area contributed by atoms with Crippen molar-refractivity contribution in [3.63, 3.8) is 0 Å². The smallest absolute Gasteiger partial charge is 0.168 e. The van der Waals surface area contributed by atoms with Gasteiger partial charge in [-0.25, -0.2) is 0 Å². The van der Waals surface area contributed by atoms with Crippen LogP contribution in [0.1, 0.15) is 34.8 Å². The number of ether oxygens (including phenoxy) is 2. The Labute approximate surface area is 106 Å². The number of Topliss-reactive ketones (excluding diaryl/α,β-unsaturated/α-hetero) is 1. The Bertz CT molecular complexity index is 503. The van der Waals surface area contributed by atoms with Gasteiger partial charge >= 0.3 is 0 Å². The normalized spacial score (nSPS) is 13.4. The lowest BCUT2D eigenvalue weighted by Gasteiger charge is -2.20. The molecule has 0 aromatic heterocycles. The SMILES string of the molecule is COc1c(C(=O)CCO)ccc2c1COC(C)=C2. The van der Waals surface area contributed by atoms with Crippen LogP contribution in [0.5, 0.6) is 5.75 Å². The Hall–Kier alpha value is -1.81. The zero-order valence-corrected chi connectivity index (χ0v) is 10.5. The highest BCUT2D eigenvalue weighted by Crippen LogP contribution is 2.33. The number of methoxy groups -OCH3 is 1. The monoisotopic (exact) mass is 248 g/mol. The van der Waals surface area contributed by atoms with E-state index in [1.807, 2.05) is 19.1 Å². The second-order valence-corrected chi connectivity index (χ2v) is 4.15. The van der Waals surface area contributed by atoms with Crippen LogP contribution >= 0.6 is 0 Å². The van der Waals surface area contributed by atoms with Gasteiger partial charge in [-0.3, -0.25) is 4.79 Å². The fourth-order valence-corrected chi connectivity index (χ4v) is 2.06. The van der Waals surface area contributed by atoms with Crippen LogP contribution in [0.3, 0.4) is 0 Å². The lowest BCUT2D eigenvalue weighted by Crippen LogP contribution is -2.10. The molecule has 1 aromatic carbocycles. The fourth-order valence-electron chi connectivity index (χ4n) is 2.06. The lowest BCUT2D eigenvalue weighted by molar-refractivity contribution is 0.0953. The molecule has 0 aliphatic carbocycles. The van der Waals surface area contributed by atoms with Crippen LogP contribution in [0.25, 0.3) is 6.08 Å². The number of ketones is 1. The number of aliphatic hydroxyl groups excluding tert-OH is 1. The quantitative estimate of drug-likeness (QED) is 0.829. The molecule has 0 fully saturated rings. The summed E-state index contributed by atoms with van der Waals surface area (Å²) < 4.78 is 10.8. The van der Waals surface area contributed by atoms with Crippen LogP contribution in [0.4, 0.5) is 0 Å². The van der Waals surface area contributed by atoms with Crippen LogP contribution in [0.15, 0.2) is 17.9 Å². The van der Waals surface area contributed by atoms with E-state index in [0.717, 1.165) is 16.9 Å². The van der Waals surface area contributed by atoms with E-state index >= 15 is 0 Å². The number of aliphatic hydroxyl groups is 1. The van der Waals surface area contributed by atoms with E-state index in [1.165, 1.54) is 7.11 Å². The van der Waals surface area contributed by atoms with Crippen molar-refractivity contribution >= 4 is 11.9 Å². The number of allylic oxidation sites excluding steroid dienone is 1. The third-order valence-electron chi connectivity index (χ3n) is 2.94. The van der Waals surface area contributed by atoms with Crippen molar-refractivity contribution in [2.24, 2.45) is 0 Å². The maximum atomic E-state index is 11.9. The first-order chi connectivity index (χ1) is 8.67. The van der Waals surface area contributed by atoms with E-state index in [-0.39, 0.29) is 18.8 Å². The highest BCUT2D eigenvalue weighted by Gasteiger charge is 2.20. The molecule has 4 heteroatoms. The van der Waals surface area contributed by atoms with Gasteiger partial charge in [0, 0.05) is 12.0 Å². The van der Waals surface area contributed by atoms with E-state index in [1.54, 1.807) is 6.07 Å². The van der Waals surface area contributed by atoms with Crippen LogP contribution < -0.4 is 4.74 Å². The van der Waals surface area contributed by atoms with E-state index in [4.69, 9.17) is 14.6 Å². The Balaban J connectivity index is 2.49. The molecule has 1 N–H and O–H groups in total. The van der Waals surface area contributed by atoms with Gasteiger partial charge in [0.2, 0.25) is 0 Å². The molecule has 0 radical (unpaired) electrons. The molecule has 0 saturated carbocycles. The summed E-state index contributed by atoms with van der Waals surface area (Å²) in [6.45, 7) is 2.13. The molecular formula is C14H16O4. The highest BCUT2D eigenvalue weighted by atomic mass is 16.5. The molecule has 0 atom stereocenters. The molecule has 1 aromatic rings. The summed E-state index contributed by atoms with van der Waals surface area (Å²) in [6.07, 6.45) is 2.02. The Morgan fingerprint density at radius 3 is 2.94 bits per heavy atom. The van der Waals surface area contributed by atoms with Crippen molar-refractivity contribution in [1.82, 2.24) is 0 Å². The molecule has 4 nitrogen and oxygen atoms in total. The number of carbonyl (C=O) groups is 1. The molecule has 1 aliphatic heterocycles. The summed E-state index contributed by atoms with van der Waals surface area (Å²) >= 11 is 0. The van der Waals surface area contributed by atoms with E-state index in [0.29, 0.717) is 17.9 Å². The van der Waals surface area contributed by atoms with Crippen LogP contribution in [0, 0.1) is 0 Å². The zero-order valence-electron chi connectivity index (χ0n) is 10.5. The van der Waals surface area contributed by atoms with Crippen LogP contribution in [0.2, 0.25) is 0 Å². The van der Waals surface area contributed by atoms with Gasteiger partial charge in [0.05, 0.1) is 25.0 Å². The number of fused-ring (bicyclic) bond motifs is 1. The molecule has 0 bridgehead atoms. The number of rotatable bonds is 4. The summed E-state index contributed by atoms with van der Waals surface area (Å²) in [5.74, 6) is 1.28. The van der Waals surface area contributed by atoms with Crippen molar-refractivity contribution in [3.8, 4) is 5.75 Å². The van der Waals surface area contributed by atoms with Gasteiger partial charge in [0.25, 0.3) is 0 Å². The standard InChI is InChI=1S/C14H16O4/c1-9-7-10-3-4-11(13(16)5-6-15)14(17-2)12(10)8-18-9/h3-4,7,15H,5-6,8H2,1-2H3. The second-order valence-electron chi connectivity index (χ2n) is 4.15.